The molecule has 170 valence electrons. The van der Waals surface area contributed by atoms with E-state index in [1.54, 1.807) is 42.5 Å². The molecule has 1 aliphatic heterocycles. The van der Waals surface area contributed by atoms with Gasteiger partial charge in [0.05, 0.1) is 33.3 Å². The number of hydrogen-bond acceptors (Lipinski definition) is 5. The van der Waals surface area contributed by atoms with Gasteiger partial charge in [0.1, 0.15) is 5.82 Å². The topological polar surface area (TPSA) is 75.7 Å². The lowest BCUT2D eigenvalue weighted by molar-refractivity contribution is 0.0924. The second-order valence-electron chi connectivity index (χ2n) is 7.57. The molecule has 0 spiro atoms. The van der Waals surface area contributed by atoms with E-state index in [-0.39, 0.29) is 17.3 Å². The average molecular weight is 495 g/mol. The zero-order valence-electron chi connectivity index (χ0n) is 17.7. The third-order valence-corrected chi connectivity index (χ3v) is 7.00. The number of amides is 3. The highest BCUT2D eigenvalue weighted by Gasteiger charge is 2.37. The highest BCUT2D eigenvalue weighted by molar-refractivity contribution is 7.21. The summed E-state index contributed by atoms with van der Waals surface area (Å²) in [6.45, 7) is 0.0725. The summed E-state index contributed by atoms with van der Waals surface area (Å²) < 4.78 is 20.3. The number of nitrogens with one attached hydrogen (secondary N) is 1. The van der Waals surface area contributed by atoms with E-state index in [0.29, 0.717) is 37.3 Å². The summed E-state index contributed by atoms with van der Waals surface area (Å²) in [5, 5.41) is 3.23. The molecule has 1 N–H and O–H groups in total. The van der Waals surface area contributed by atoms with E-state index < -0.39 is 23.5 Å². The minimum atomic E-state index is -0.462. The van der Waals surface area contributed by atoms with Crippen LogP contribution in [0.5, 0.6) is 0 Å². The number of carbonyl (C=O) groups excluding carboxylic acids is 3. The number of nitrogens with zero attached hydrogens (tertiary/aromatic N) is 1. The molecule has 4 aromatic rings. The lowest BCUT2D eigenvalue weighted by atomic mass is 10.1. The van der Waals surface area contributed by atoms with Crippen molar-refractivity contribution in [1.29, 1.82) is 0 Å². The van der Waals surface area contributed by atoms with Crippen LogP contribution in [0.25, 0.3) is 10.1 Å². The van der Waals surface area contributed by atoms with Crippen LogP contribution in [0.3, 0.4) is 0 Å². The van der Waals surface area contributed by atoms with Gasteiger partial charge < -0.3 is 10.1 Å². The largest absolute Gasteiger partial charge is 0.380 e. The van der Waals surface area contributed by atoms with Gasteiger partial charge in [-0.2, -0.15) is 0 Å². The Morgan fingerprint density at radius 2 is 1.76 bits per heavy atom. The molecule has 1 aromatic heterocycles. The zero-order valence-corrected chi connectivity index (χ0v) is 19.3. The maximum Gasteiger partial charge on any atom is 0.266 e. The van der Waals surface area contributed by atoms with Crippen LogP contribution in [-0.2, 0) is 11.3 Å². The van der Waals surface area contributed by atoms with E-state index in [9.17, 15) is 18.8 Å². The van der Waals surface area contributed by atoms with Gasteiger partial charge in [-0.3, -0.25) is 14.4 Å². The molecule has 1 aliphatic rings. The third kappa shape index (κ3) is 3.56. The number of carbonyl (C=O) groups is 3. The van der Waals surface area contributed by atoms with Gasteiger partial charge in [0.25, 0.3) is 17.7 Å². The number of thiophene rings is 1. The van der Waals surface area contributed by atoms with Crippen molar-refractivity contribution in [3.05, 3.63) is 93.1 Å². The predicted molar refractivity (Wildman–Crippen MR) is 129 cm³/mol. The van der Waals surface area contributed by atoms with Crippen LogP contribution < -0.4 is 10.2 Å². The highest BCUT2D eigenvalue weighted by Crippen LogP contribution is 2.37. The van der Waals surface area contributed by atoms with Crippen molar-refractivity contribution in [2.45, 2.75) is 6.61 Å². The average Bonchev–Trinajstić information content (AvgIpc) is 3.31. The number of rotatable bonds is 5. The Morgan fingerprint density at radius 3 is 2.41 bits per heavy atom. The van der Waals surface area contributed by atoms with Crippen LogP contribution in [0.2, 0.25) is 5.02 Å². The summed E-state index contributed by atoms with van der Waals surface area (Å²) in [5.74, 6) is -1.79. The van der Waals surface area contributed by atoms with Gasteiger partial charge in [-0.1, -0.05) is 29.8 Å². The van der Waals surface area contributed by atoms with Gasteiger partial charge in [-0.05, 0) is 42.5 Å². The molecule has 3 amide bonds. The Hall–Kier alpha value is -3.59. The minimum Gasteiger partial charge on any atom is -0.380 e. The second-order valence-corrected chi connectivity index (χ2v) is 9.03. The van der Waals surface area contributed by atoms with Crippen molar-refractivity contribution in [3.63, 3.8) is 0 Å². The molecule has 0 saturated heterocycles. The summed E-state index contributed by atoms with van der Waals surface area (Å²) in [7, 11) is 1.48. The minimum absolute atomic E-state index is 0.0725. The zero-order chi connectivity index (χ0) is 24.0. The number of halogens is 2. The van der Waals surface area contributed by atoms with Crippen LogP contribution in [0, 0.1) is 5.82 Å². The summed E-state index contributed by atoms with van der Waals surface area (Å²) in [4.78, 5) is 39.9. The maximum atomic E-state index is 14.4. The summed E-state index contributed by atoms with van der Waals surface area (Å²) in [6, 6.07) is 15.7. The molecular weight excluding hydrogens is 479 g/mol. The smallest absolute Gasteiger partial charge is 0.266 e. The molecule has 3 aromatic carbocycles. The van der Waals surface area contributed by atoms with Crippen LogP contribution >= 0.6 is 22.9 Å². The SMILES string of the molecule is COCc1c(C(=O)Nc2ccc(N3C(=O)c4ccccc4C3=O)c(Cl)c2)sc2cccc(F)c12. The van der Waals surface area contributed by atoms with Crippen molar-refractivity contribution in [1.82, 2.24) is 0 Å². The molecule has 0 unspecified atom stereocenters. The molecule has 0 atom stereocenters. The Labute approximate surface area is 202 Å². The van der Waals surface area contributed by atoms with Gasteiger partial charge in [-0.15, -0.1) is 11.3 Å². The van der Waals surface area contributed by atoms with E-state index in [4.69, 9.17) is 16.3 Å². The standard InChI is InChI=1S/C25H16ClFN2O4S/c1-33-12-16-21-18(27)7-4-8-20(21)34-22(16)23(30)28-13-9-10-19(17(26)11-13)29-24(31)14-5-2-3-6-15(14)25(29)32/h2-11H,12H2,1H3,(H,28,30). The van der Waals surface area contributed by atoms with Gasteiger partial charge >= 0.3 is 0 Å². The molecular formula is C25H16ClFN2O4S. The van der Waals surface area contributed by atoms with Crippen molar-refractivity contribution in [2.75, 3.05) is 17.3 Å². The monoisotopic (exact) mass is 494 g/mol. The predicted octanol–water partition coefficient (Wildman–Crippen LogP) is 5.89. The molecule has 0 fully saturated rings. The van der Waals surface area contributed by atoms with Gasteiger partial charge in [-0.25, -0.2) is 9.29 Å². The number of hydrogen-bond donors (Lipinski definition) is 1. The van der Waals surface area contributed by atoms with E-state index in [1.165, 1.54) is 25.3 Å². The number of benzene rings is 3. The fourth-order valence-electron chi connectivity index (χ4n) is 3.99. The summed E-state index contributed by atoms with van der Waals surface area (Å²) >= 11 is 7.58. The Bertz CT molecular complexity index is 1460. The van der Waals surface area contributed by atoms with E-state index in [0.717, 1.165) is 16.2 Å². The van der Waals surface area contributed by atoms with E-state index in [1.807, 2.05) is 0 Å². The van der Waals surface area contributed by atoms with Gasteiger partial charge in [0, 0.05) is 28.4 Å². The first kappa shape index (κ1) is 22.2. The number of ether oxygens (including phenoxy) is 1. The van der Waals surface area contributed by atoms with Crippen LogP contribution in [0.1, 0.15) is 36.0 Å². The Morgan fingerprint density at radius 1 is 1.06 bits per heavy atom. The van der Waals surface area contributed by atoms with Crippen LogP contribution in [0.15, 0.2) is 60.7 Å². The summed E-state index contributed by atoms with van der Waals surface area (Å²) in [6.07, 6.45) is 0. The molecule has 5 rings (SSSR count). The Balaban J connectivity index is 1.44. The van der Waals surface area contributed by atoms with Crippen molar-refractivity contribution in [3.8, 4) is 0 Å². The lowest BCUT2D eigenvalue weighted by Gasteiger charge is -2.16. The fourth-order valence-corrected chi connectivity index (χ4v) is 5.38. The lowest BCUT2D eigenvalue weighted by Crippen LogP contribution is -2.29. The first-order valence-corrected chi connectivity index (χ1v) is 11.4. The highest BCUT2D eigenvalue weighted by atomic mass is 35.5. The molecule has 2 heterocycles. The van der Waals surface area contributed by atoms with Crippen molar-refractivity contribution < 1.29 is 23.5 Å². The first-order chi connectivity index (χ1) is 16.4. The summed E-state index contributed by atoms with van der Waals surface area (Å²) in [5.41, 5.74) is 1.66. The molecule has 0 bridgehead atoms. The Kier molecular flexibility index (Phi) is 5.65. The van der Waals surface area contributed by atoms with Crippen molar-refractivity contribution >= 4 is 62.1 Å². The molecule has 0 saturated carbocycles. The molecule has 9 heteroatoms. The third-order valence-electron chi connectivity index (χ3n) is 5.50. The van der Waals surface area contributed by atoms with E-state index >= 15 is 0 Å². The number of methoxy groups -OCH3 is 1. The van der Waals surface area contributed by atoms with E-state index in [2.05, 4.69) is 5.32 Å². The van der Waals surface area contributed by atoms with Gasteiger partial charge in [0.2, 0.25) is 0 Å². The fraction of sp³-hybridized carbons (Fsp3) is 0.0800. The molecule has 6 nitrogen and oxygen atoms in total. The normalized spacial score (nSPS) is 13.0. The van der Waals surface area contributed by atoms with Crippen LogP contribution in [0.4, 0.5) is 15.8 Å². The molecule has 0 aliphatic carbocycles. The maximum absolute atomic E-state index is 14.4. The molecule has 34 heavy (non-hydrogen) atoms. The number of imide groups is 1. The number of fused-ring (bicyclic) bond motifs is 2. The van der Waals surface area contributed by atoms with Gasteiger partial charge in [0.15, 0.2) is 0 Å². The number of anilines is 2. The quantitative estimate of drug-likeness (QED) is 0.351. The molecule has 0 radical (unpaired) electrons. The second kappa shape index (κ2) is 8.64. The van der Waals surface area contributed by atoms with Crippen LogP contribution in [-0.4, -0.2) is 24.8 Å². The first-order valence-electron chi connectivity index (χ1n) is 10.2. The van der Waals surface area contributed by atoms with Crippen molar-refractivity contribution in [2.24, 2.45) is 0 Å².